The van der Waals surface area contributed by atoms with Crippen LogP contribution in [-0.2, 0) is 6.54 Å². The molecule has 3 rings (SSSR count). The summed E-state index contributed by atoms with van der Waals surface area (Å²) in [5.41, 5.74) is 1.60. The Morgan fingerprint density at radius 1 is 1.17 bits per heavy atom. The number of thiol groups is 1. The number of fused-ring (bicyclic) bond motifs is 1. The Hall–Kier alpha value is -1.66. The Labute approximate surface area is 113 Å². The molecule has 2 heterocycles. The van der Waals surface area contributed by atoms with E-state index in [0.29, 0.717) is 21.2 Å². The summed E-state index contributed by atoms with van der Waals surface area (Å²) in [5.74, 6) is -0.520. The van der Waals surface area contributed by atoms with Crippen LogP contribution in [0.5, 0.6) is 0 Å². The molecule has 0 atom stereocenters. The molecule has 0 radical (unpaired) electrons. The van der Waals surface area contributed by atoms with E-state index in [2.05, 4.69) is 17.6 Å². The number of aromatic nitrogens is 1. The van der Waals surface area contributed by atoms with Crippen molar-refractivity contribution in [2.24, 2.45) is 0 Å². The number of imide groups is 1. The lowest BCUT2D eigenvalue weighted by Crippen LogP contribution is -2.29. The third-order valence-corrected chi connectivity index (χ3v) is 3.85. The van der Waals surface area contributed by atoms with Crippen LogP contribution in [-0.4, -0.2) is 21.7 Å². The van der Waals surface area contributed by atoms with Gasteiger partial charge in [0.1, 0.15) is 4.34 Å². The molecule has 18 heavy (non-hydrogen) atoms. The van der Waals surface area contributed by atoms with Crippen molar-refractivity contribution in [3.8, 4) is 0 Å². The first kappa shape index (κ1) is 11.4. The van der Waals surface area contributed by atoms with E-state index in [1.54, 1.807) is 29.6 Å². The first-order chi connectivity index (χ1) is 8.66. The van der Waals surface area contributed by atoms with Gasteiger partial charge in [0.05, 0.1) is 23.4 Å². The van der Waals surface area contributed by atoms with Crippen LogP contribution in [0.2, 0.25) is 0 Å². The van der Waals surface area contributed by atoms with Gasteiger partial charge in [0.2, 0.25) is 0 Å². The number of rotatable bonds is 2. The van der Waals surface area contributed by atoms with Crippen LogP contribution in [0.3, 0.4) is 0 Å². The fourth-order valence-electron chi connectivity index (χ4n) is 1.91. The van der Waals surface area contributed by atoms with Crippen molar-refractivity contribution in [2.75, 3.05) is 0 Å². The summed E-state index contributed by atoms with van der Waals surface area (Å²) >= 11 is 5.49. The predicted molar refractivity (Wildman–Crippen MR) is 70.0 cm³/mol. The zero-order valence-electron chi connectivity index (χ0n) is 9.16. The number of hydrogen-bond acceptors (Lipinski definition) is 5. The number of hydrogen-bond donors (Lipinski definition) is 1. The average Bonchev–Trinajstić information content (AvgIpc) is 2.88. The van der Waals surface area contributed by atoms with Gasteiger partial charge in [-0.05, 0) is 12.1 Å². The van der Waals surface area contributed by atoms with Gasteiger partial charge in [-0.1, -0.05) is 12.1 Å². The molecule has 1 aliphatic heterocycles. The maximum absolute atomic E-state index is 12.1. The Morgan fingerprint density at radius 3 is 2.28 bits per heavy atom. The van der Waals surface area contributed by atoms with Crippen molar-refractivity contribution in [2.45, 2.75) is 10.9 Å². The Bertz CT molecular complexity index is 616. The van der Waals surface area contributed by atoms with E-state index in [1.165, 1.54) is 16.2 Å². The van der Waals surface area contributed by atoms with Gasteiger partial charge in [-0.3, -0.25) is 14.5 Å². The third-order valence-electron chi connectivity index (χ3n) is 2.74. The SMILES string of the molecule is O=C1c2ccccc2C(=O)N1Cc1csc(S)n1. The van der Waals surface area contributed by atoms with Gasteiger partial charge in [0.25, 0.3) is 11.8 Å². The minimum Gasteiger partial charge on any atom is -0.269 e. The lowest BCUT2D eigenvalue weighted by molar-refractivity contribution is 0.0640. The van der Waals surface area contributed by atoms with Gasteiger partial charge in [-0.25, -0.2) is 4.98 Å². The zero-order valence-corrected chi connectivity index (χ0v) is 10.9. The van der Waals surface area contributed by atoms with Crippen molar-refractivity contribution in [3.05, 3.63) is 46.5 Å². The van der Waals surface area contributed by atoms with E-state index in [4.69, 9.17) is 0 Å². The normalized spacial score (nSPS) is 14.2. The molecule has 1 aliphatic rings. The van der Waals surface area contributed by atoms with E-state index in [-0.39, 0.29) is 18.4 Å². The molecule has 6 heteroatoms. The van der Waals surface area contributed by atoms with Gasteiger partial charge in [-0.2, -0.15) is 0 Å². The second-order valence-electron chi connectivity index (χ2n) is 3.86. The van der Waals surface area contributed by atoms with Gasteiger partial charge in [0, 0.05) is 5.38 Å². The maximum atomic E-state index is 12.1. The number of carbonyl (C=O) groups excluding carboxylic acids is 2. The highest BCUT2D eigenvalue weighted by molar-refractivity contribution is 7.82. The molecule has 4 nitrogen and oxygen atoms in total. The molecular weight excluding hydrogens is 268 g/mol. The van der Waals surface area contributed by atoms with Crippen molar-refractivity contribution in [1.29, 1.82) is 0 Å². The molecule has 0 unspecified atom stereocenters. The molecule has 0 N–H and O–H groups in total. The van der Waals surface area contributed by atoms with Crippen LogP contribution in [0.4, 0.5) is 0 Å². The van der Waals surface area contributed by atoms with Crippen LogP contribution in [0.25, 0.3) is 0 Å². The van der Waals surface area contributed by atoms with Crippen molar-refractivity contribution in [3.63, 3.8) is 0 Å². The van der Waals surface area contributed by atoms with E-state index >= 15 is 0 Å². The Morgan fingerprint density at radius 2 is 1.78 bits per heavy atom. The monoisotopic (exact) mass is 276 g/mol. The highest BCUT2D eigenvalue weighted by atomic mass is 32.2. The molecule has 0 saturated carbocycles. The second kappa shape index (κ2) is 4.22. The number of amides is 2. The lowest BCUT2D eigenvalue weighted by atomic mass is 10.1. The van der Waals surface area contributed by atoms with Crippen LogP contribution in [0.1, 0.15) is 26.4 Å². The summed E-state index contributed by atoms with van der Waals surface area (Å²) in [6, 6.07) is 6.84. The van der Waals surface area contributed by atoms with Crippen LogP contribution in [0, 0.1) is 0 Å². The average molecular weight is 276 g/mol. The molecule has 0 bridgehead atoms. The zero-order chi connectivity index (χ0) is 12.7. The Balaban J connectivity index is 1.92. The summed E-state index contributed by atoms with van der Waals surface area (Å²) in [7, 11) is 0. The maximum Gasteiger partial charge on any atom is 0.261 e. The number of thiazole rings is 1. The number of benzene rings is 1. The smallest absolute Gasteiger partial charge is 0.261 e. The first-order valence-corrected chi connectivity index (χ1v) is 6.58. The minimum atomic E-state index is -0.260. The third kappa shape index (κ3) is 1.74. The van der Waals surface area contributed by atoms with Gasteiger partial charge >= 0.3 is 0 Å². The molecule has 2 amide bonds. The summed E-state index contributed by atoms with van der Waals surface area (Å²) in [5, 5.41) is 1.80. The van der Waals surface area contributed by atoms with Crippen LogP contribution < -0.4 is 0 Å². The summed E-state index contributed by atoms with van der Waals surface area (Å²) in [6.07, 6.45) is 0. The molecule has 0 fully saturated rings. The highest BCUT2D eigenvalue weighted by Gasteiger charge is 2.35. The summed E-state index contributed by atoms with van der Waals surface area (Å²) in [6.45, 7) is 0.198. The molecule has 0 spiro atoms. The quantitative estimate of drug-likeness (QED) is 0.676. The summed E-state index contributed by atoms with van der Waals surface area (Å²) in [4.78, 5) is 29.5. The molecule has 1 aromatic carbocycles. The van der Waals surface area contributed by atoms with Crippen molar-refractivity contribution < 1.29 is 9.59 Å². The number of carbonyl (C=O) groups is 2. The largest absolute Gasteiger partial charge is 0.269 e. The lowest BCUT2D eigenvalue weighted by Gasteiger charge is -2.11. The van der Waals surface area contributed by atoms with Crippen molar-refractivity contribution >= 4 is 35.8 Å². The van der Waals surface area contributed by atoms with Gasteiger partial charge in [-0.15, -0.1) is 24.0 Å². The highest BCUT2D eigenvalue weighted by Crippen LogP contribution is 2.24. The fraction of sp³-hybridized carbons (Fsp3) is 0.0833. The second-order valence-corrected chi connectivity index (χ2v) is 5.45. The topological polar surface area (TPSA) is 50.3 Å². The Kier molecular flexibility index (Phi) is 2.68. The molecular formula is C12H8N2O2S2. The predicted octanol–water partition coefficient (Wildman–Crippen LogP) is 2.23. The first-order valence-electron chi connectivity index (χ1n) is 5.25. The van der Waals surface area contributed by atoms with Gasteiger partial charge in [0.15, 0.2) is 0 Å². The molecule has 0 saturated heterocycles. The van der Waals surface area contributed by atoms with Gasteiger partial charge < -0.3 is 0 Å². The van der Waals surface area contributed by atoms with Crippen LogP contribution in [0.15, 0.2) is 34.0 Å². The van der Waals surface area contributed by atoms with E-state index in [9.17, 15) is 9.59 Å². The molecule has 90 valence electrons. The van der Waals surface area contributed by atoms with E-state index < -0.39 is 0 Å². The minimum absolute atomic E-state index is 0.198. The summed E-state index contributed by atoms with van der Waals surface area (Å²) < 4.78 is 0.626. The van der Waals surface area contributed by atoms with E-state index in [0.717, 1.165) is 0 Å². The van der Waals surface area contributed by atoms with E-state index in [1.807, 2.05) is 0 Å². The number of nitrogens with zero attached hydrogens (tertiary/aromatic N) is 2. The van der Waals surface area contributed by atoms with Crippen LogP contribution >= 0.6 is 24.0 Å². The molecule has 2 aromatic rings. The fourth-order valence-corrected chi connectivity index (χ4v) is 2.74. The molecule has 1 aromatic heterocycles. The molecule has 0 aliphatic carbocycles. The van der Waals surface area contributed by atoms with Crippen molar-refractivity contribution in [1.82, 2.24) is 9.88 Å². The standard InChI is InChI=1S/C12H8N2O2S2/c15-10-8-3-1-2-4-9(8)11(16)14(10)5-7-6-18-12(17)13-7/h1-4,6H,5H2,(H,13,17).